The molecule has 2 N–H and O–H groups in total. The molecule has 0 heterocycles. The van der Waals surface area contributed by atoms with Gasteiger partial charge in [-0.25, -0.2) is 0 Å². The first kappa shape index (κ1) is 9.63. The Bertz CT molecular complexity index is 99.4. The van der Waals surface area contributed by atoms with Crippen molar-refractivity contribution in [3.05, 3.63) is 0 Å². The Morgan fingerprint density at radius 1 is 1.50 bits per heavy atom. The van der Waals surface area contributed by atoms with E-state index in [0.717, 1.165) is 19.3 Å². The maximum absolute atomic E-state index is 8.48. The van der Waals surface area contributed by atoms with E-state index in [1.807, 2.05) is 0 Å². The summed E-state index contributed by atoms with van der Waals surface area (Å²) in [6.45, 7) is 4.27. The maximum Gasteiger partial charge on any atom is 0.0806 e. The van der Waals surface area contributed by atoms with Gasteiger partial charge in [-0.05, 0) is 18.8 Å². The molecule has 0 aromatic heterocycles. The quantitative estimate of drug-likeness (QED) is 0.566. The highest BCUT2D eigenvalue weighted by Gasteiger charge is 1.96. The third-order valence-corrected chi connectivity index (χ3v) is 1.45. The average molecular weight is 143 g/mol. The molecule has 0 fully saturated rings. The van der Waals surface area contributed by atoms with Gasteiger partial charge in [0.1, 0.15) is 0 Å². The fourth-order valence-electron chi connectivity index (χ4n) is 0.803. The summed E-state index contributed by atoms with van der Waals surface area (Å²) in [5.74, 6) is 0.714. The third-order valence-electron chi connectivity index (χ3n) is 1.45. The zero-order valence-corrected chi connectivity index (χ0v) is 6.85. The molecule has 10 heavy (non-hydrogen) atoms. The summed E-state index contributed by atoms with van der Waals surface area (Å²) in [5.41, 5.74) is 0.459. The van der Waals surface area contributed by atoms with Crippen molar-refractivity contribution in [2.45, 2.75) is 33.1 Å². The summed E-state index contributed by atoms with van der Waals surface area (Å²) >= 11 is 0. The molecule has 0 saturated carbocycles. The topological polar surface area (TPSA) is 44.1 Å². The molecule has 0 aromatic carbocycles. The fraction of sp³-hybridized carbons (Fsp3) is 0.875. The molecule has 0 spiro atoms. The predicted molar refractivity (Wildman–Crippen MR) is 43.5 cm³/mol. The van der Waals surface area contributed by atoms with Crippen LogP contribution in [0.5, 0.6) is 0 Å². The summed E-state index contributed by atoms with van der Waals surface area (Å²) in [6.07, 6.45) is 2.95. The van der Waals surface area contributed by atoms with Crippen molar-refractivity contribution in [3.8, 4) is 0 Å². The number of hydrogen-bond donors (Lipinski definition) is 2. The second kappa shape index (κ2) is 5.42. The maximum atomic E-state index is 8.48. The van der Waals surface area contributed by atoms with Crippen LogP contribution in [0.3, 0.4) is 0 Å². The molecule has 0 aliphatic carbocycles. The van der Waals surface area contributed by atoms with E-state index in [0.29, 0.717) is 11.6 Å². The van der Waals surface area contributed by atoms with Crippen LogP contribution in [0.4, 0.5) is 0 Å². The van der Waals surface area contributed by atoms with Gasteiger partial charge in [0.2, 0.25) is 0 Å². The minimum atomic E-state index is -0.0713. The molecule has 0 bridgehead atoms. The minimum Gasteiger partial charge on any atom is -0.390 e. The first-order chi connectivity index (χ1) is 4.66. The Hall–Kier alpha value is -0.370. The summed E-state index contributed by atoms with van der Waals surface area (Å²) < 4.78 is 0. The van der Waals surface area contributed by atoms with Gasteiger partial charge in [-0.3, -0.25) is 0 Å². The standard InChI is InChI=1S/C8H17NO/c1-7(2)4-3-5-8(9)6-10/h7,9-10H,3-6H2,1-2H3. The van der Waals surface area contributed by atoms with Gasteiger partial charge >= 0.3 is 0 Å². The molecule has 2 nitrogen and oxygen atoms in total. The number of aliphatic hydroxyl groups is 1. The third kappa shape index (κ3) is 5.76. The van der Waals surface area contributed by atoms with Crippen LogP contribution in [0.2, 0.25) is 0 Å². The van der Waals surface area contributed by atoms with Crippen molar-refractivity contribution in [3.63, 3.8) is 0 Å². The molecule has 0 unspecified atom stereocenters. The molecular formula is C8H17NO. The second-order valence-corrected chi connectivity index (χ2v) is 3.05. The number of aliphatic hydroxyl groups excluding tert-OH is 1. The highest BCUT2D eigenvalue weighted by Crippen LogP contribution is 2.05. The van der Waals surface area contributed by atoms with Gasteiger partial charge < -0.3 is 10.5 Å². The van der Waals surface area contributed by atoms with Crippen LogP contribution in [0.25, 0.3) is 0 Å². The smallest absolute Gasteiger partial charge is 0.0806 e. The highest BCUT2D eigenvalue weighted by molar-refractivity contribution is 5.82. The predicted octanol–water partition coefficient (Wildman–Crippen LogP) is 1.82. The number of rotatable bonds is 5. The van der Waals surface area contributed by atoms with E-state index >= 15 is 0 Å². The molecule has 0 atom stereocenters. The van der Waals surface area contributed by atoms with E-state index in [2.05, 4.69) is 13.8 Å². The second-order valence-electron chi connectivity index (χ2n) is 3.05. The zero-order valence-electron chi connectivity index (χ0n) is 6.85. The Labute approximate surface area is 62.8 Å². The van der Waals surface area contributed by atoms with Gasteiger partial charge in [-0.15, -0.1) is 0 Å². The lowest BCUT2D eigenvalue weighted by atomic mass is 10.1. The molecule has 0 amide bonds. The summed E-state index contributed by atoms with van der Waals surface area (Å²) in [4.78, 5) is 0. The van der Waals surface area contributed by atoms with Gasteiger partial charge in [0, 0.05) is 5.71 Å². The zero-order chi connectivity index (χ0) is 7.98. The lowest BCUT2D eigenvalue weighted by molar-refractivity contribution is 0.353. The Kier molecular flexibility index (Phi) is 5.22. The molecule has 0 radical (unpaired) electrons. The Balaban J connectivity index is 3.12. The van der Waals surface area contributed by atoms with Crippen LogP contribution in [0.15, 0.2) is 0 Å². The first-order valence-electron chi connectivity index (χ1n) is 3.84. The van der Waals surface area contributed by atoms with E-state index in [1.165, 1.54) is 0 Å². The summed E-state index contributed by atoms with van der Waals surface area (Å²) in [6, 6.07) is 0. The van der Waals surface area contributed by atoms with Gasteiger partial charge in [0.25, 0.3) is 0 Å². The molecule has 0 aromatic rings. The van der Waals surface area contributed by atoms with Crippen molar-refractivity contribution in [2.75, 3.05) is 6.61 Å². The van der Waals surface area contributed by atoms with Crippen molar-refractivity contribution >= 4 is 5.71 Å². The highest BCUT2D eigenvalue weighted by atomic mass is 16.3. The van der Waals surface area contributed by atoms with Gasteiger partial charge in [0.15, 0.2) is 0 Å². The largest absolute Gasteiger partial charge is 0.390 e. The normalized spacial score (nSPS) is 10.4. The van der Waals surface area contributed by atoms with Crippen molar-refractivity contribution in [2.24, 2.45) is 5.92 Å². The molecule has 0 aliphatic heterocycles. The summed E-state index contributed by atoms with van der Waals surface area (Å²) in [7, 11) is 0. The van der Waals surface area contributed by atoms with Crippen LogP contribution >= 0.6 is 0 Å². The van der Waals surface area contributed by atoms with E-state index in [1.54, 1.807) is 0 Å². The van der Waals surface area contributed by atoms with E-state index in [9.17, 15) is 0 Å². The van der Waals surface area contributed by atoms with Crippen LogP contribution in [0.1, 0.15) is 33.1 Å². The van der Waals surface area contributed by atoms with Crippen molar-refractivity contribution in [1.82, 2.24) is 0 Å². The monoisotopic (exact) mass is 143 g/mol. The van der Waals surface area contributed by atoms with Crippen LogP contribution in [-0.2, 0) is 0 Å². The average Bonchev–Trinajstić information content (AvgIpc) is 1.87. The number of hydrogen-bond acceptors (Lipinski definition) is 2. The van der Waals surface area contributed by atoms with Crippen molar-refractivity contribution in [1.29, 1.82) is 5.41 Å². The molecule has 0 aliphatic rings. The van der Waals surface area contributed by atoms with Crippen LogP contribution in [-0.4, -0.2) is 17.4 Å². The van der Waals surface area contributed by atoms with Gasteiger partial charge in [0.05, 0.1) is 6.61 Å². The molecule has 2 heteroatoms. The summed E-state index contributed by atoms with van der Waals surface area (Å²) in [5, 5.41) is 15.6. The first-order valence-corrected chi connectivity index (χ1v) is 3.84. The van der Waals surface area contributed by atoms with Crippen LogP contribution in [0, 0.1) is 11.3 Å². The van der Waals surface area contributed by atoms with E-state index < -0.39 is 0 Å². The minimum absolute atomic E-state index is 0.0713. The fourth-order valence-corrected chi connectivity index (χ4v) is 0.803. The number of nitrogens with one attached hydrogen (secondary N) is 1. The SMILES string of the molecule is CC(C)CCCC(=N)CO. The van der Waals surface area contributed by atoms with Gasteiger partial charge in [-0.1, -0.05) is 20.3 Å². The lowest BCUT2D eigenvalue weighted by Gasteiger charge is -2.02. The molecular weight excluding hydrogens is 126 g/mol. The molecule has 0 rings (SSSR count). The van der Waals surface area contributed by atoms with E-state index in [-0.39, 0.29) is 6.61 Å². The lowest BCUT2D eigenvalue weighted by Crippen LogP contribution is -2.02. The Morgan fingerprint density at radius 3 is 2.50 bits per heavy atom. The molecule has 0 saturated heterocycles. The van der Waals surface area contributed by atoms with Crippen molar-refractivity contribution < 1.29 is 5.11 Å². The Morgan fingerprint density at radius 2 is 2.10 bits per heavy atom. The van der Waals surface area contributed by atoms with Gasteiger partial charge in [-0.2, -0.15) is 0 Å². The molecule has 60 valence electrons. The van der Waals surface area contributed by atoms with Crippen LogP contribution < -0.4 is 0 Å². The van der Waals surface area contributed by atoms with E-state index in [4.69, 9.17) is 10.5 Å².